The van der Waals surface area contributed by atoms with E-state index >= 15 is 0 Å². The molecular weight excluding hydrogens is 442 g/mol. The van der Waals surface area contributed by atoms with Gasteiger partial charge in [-0.15, -0.1) is 10.2 Å². The van der Waals surface area contributed by atoms with Crippen molar-refractivity contribution in [2.75, 3.05) is 51.3 Å². The molecule has 1 aliphatic carbocycles. The maximum atomic E-state index is 13.1. The highest BCUT2D eigenvalue weighted by Crippen LogP contribution is 2.31. The standard InChI is InChI=1S/C27H37N5O3/c1-20(2)12-15-32(27(34)21-8-9-21)19-26(33)31-14-5-13-30(16-17-31)25-11-10-24(28-29-25)22-6-4-7-23(18-22)35-3/h4,6-7,10-11,18,20-21H,5,8-9,12-17,19H2,1-3H3. The predicted molar refractivity (Wildman–Crippen MR) is 136 cm³/mol. The Morgan fingerprint density at radius 2 is 1.91 bits per heavy atom. The van der Waals surface area contributed by atoms with Gasteiger partial charge in [0.15, 0.2) is 5.82 Å². The van der Waals surface area contributed by atoms with Gasteiger partial charge in [0.05, 0.1) is 19.3 Å². The largest absolute Gasteiger partial charge is 0.497 e. The Balaban J connectivity index is 1.34. The van der Waals surface area contributed by atoms with Crippen LogP contribution in [-0.4, -0.2) is 78.2 Å². The lowest BCUT2D eigenvalue weighted by atomic mass is 10.1. The summed E-state index contributed by atoms with van der Waals surface area (Å²) in [6, 6.07) is 11.7. The summed E-state index contributed by atoms with van der Waals surface area (Å²) < 4.78 is 5.30. The van der Waals surface area contributed by atoms with Crippen LogP contribution >= 0.6 is 0 Å². The van der Waals surface area contributed by atoms with Crippen molar-refractivity contribution in [2.45, 2.75) is 39.5 Å². The molecule has 188 valence electrons. The molecule has 0 N–H and O–H groups in total. The van der Waals surface area contributed by atoms with Gasteiger partial charge in [-0.05, 0) is 55.9 Å². The van der Waals surface area contributed by atoms with Crippen molar-refractivity contribution in [3.8, 4) is 17.0 Å². The summed E-state index contributed by atoms with van der Waals surface area (Å²) in [6.07, 6.45) is 3.70. The van der Waals surface area contributed by atoms with Gasteiger partial charge in [-0.25, -0.2) is 0 Å². The average molecular weight is 480 g/mol. The van der Waals surface area contributed by atoms with Gasteiger partial charge in [0, 0.05) is 44.2 Å². The number of rotatable bonds is 9. The van der Waals surface area contributed by atoms with Crippen LogP contribution < -0.4 is 9.64 Å². The fourth-order valence-corrected chi connectivity index (χ4v) is 4.36. The Morgan fingerprint density at radius 1 is 1.09 bits per heavy atom. The Bertz CT molecular complexity index is 1010. The van der Waals surface area contributed by atoms with E-state index in [-0.39, 0.29) is 24.3 Å². The number of carbonyl (C=O) groups is 2. The number of methoxy groups -OCH3 is 1. The molecule has 4 rings (SSSR count). The van der Waals surface area contributed by atoms with Crippen LogP contribution in [0.1, 0.15) is 39.5 Å². The van der Waals surface area contributed by atoms with E-state index < -0.39 is 0 Å². The van der Waals surface area contributed by atoms with Crippen molar-refractivity contribution in [2.24, 2.45) is 11.8 Å². The van der Waals surface area contributed by atoms with Gasteiger partial charge in [0.25, 0.3) is 0 Å². The van der Waals surface area contributed by atoms with Crippen molar-refractivity contribution in [1.82, 2.24) is 20.0 Å². The lowest BCUT2D eigenvalue weighted by Crippen LogP contribution is -2.45. The molecule has 2 fully saturated rings. The molecule has 0 radical (unpaired) electrons. The molecular formula is C27H37N5O3. The van der Waals surface area contributed by atoms with Gasteiger partial charge in [-0.3, -0.25) is 9.59 Å². The van der Waals surface area contributed by atoms with Crippen LogP contribution in [0.5, 0.6) is 5.75 Å². The molecule has 1 saturated heterocycles. The summed E-state index contributed by atoms with van der Waals surface area (Å²) >= 11 is 0. The monoisotopic (exact) mass is 479 g/mol. The molecule has 2 aliphatic rings. The normalized spacial score (nSPS) is 16.2. The first kappa shape index (κ1) is 24.9. The van der Waals surface area contributed by atoms with Crippen molar-refractivity contribution in [3.63, 3.8) is 0 Å². The third kappa shape index (κ3) is 6.71. The number of aromatic nitrogens is 2. The molecule has 0 spiro atoms. The molecule has 0 atom stereocenters. The van der Waals surface area contributed by atoms with E-state index in [0.717, 1.165) is 55.1 Å². The second-order valence-electron chi connectivity index (χ2n) is 9.95. The number of anilines is 1. The van der Waals surface area contributed by atoms with Crippen LogP contribution in [0.2, 0.25) is 0 Å². The molecule has 1 aromatic heterocycles. The molecule has 1 aromatic carbocycles. The number of nitrogens with zero attached hydrogens (tertiary/aromatic N) is 5. The number of carbonyl (C=O) groups excluding carboxylic acids is 2. The van der Waals surface area contributed by atoms with Gasteiger partial charge in [-0.2, -0.15) is 0 Å². The molecule has 8 nitrogen and oxygen atoms in total. The molecule has 1 saturated carbocycles. The zero-order valence-corrected chi connectivity index (χ0v) is 21.2. The molecule has 2 heterocycles. The predicted octanol–water partition coefficient (Wildman–Crippen LogP) is 3.48. The molecule has 35 heavy (non-hydrogen) atoms. The molecule has 2 aromatic rings. The number of ether oxygens (including phenoxy) is 1. The van der Waals surface area contributed by atoms with E-state index in [0.29, 0.717) is 32.1 Å². The topological polar surface area (TPSA) is 78.9 Å². The van der Waals surface area contributed by atoms with Crippen molar-refractivity contribution < 1.29 is 14.3 Å². The minimum Gasteiger partial charge on any atom is -0.497 e. The number of hydrogen-bond donors (Lipinski definition) is 0. The Labute approximate surface area is 208 Å². The van der Waals surface area contributed by atoms with Crippen molar-refractivity contribution >= 4 is 17.6 Å². The van der Waals surface area contributed by atoms with Crippen LogP contribution in [0, 0.1) is 11.8 Å². The number of benzene rings is 1. The van der Waals surface area contributed by atoms with Crippen molar-refractivity contribution in [1.29, 1.82) is 0 Å². The Hall–Kier alpha value is -3.16. The lowest BCUT2D eigenvalue weighted by Gasteiger charge is -2.27. The number of hydrogen-bond acceptors (Lipinski definition) is 6. The maximum absolute atomic E-state index is 13.1. The summed E-state index contributed by atoms with van der Waals surface area (Å²) in [5.74, 6) is 2.43. The quantitative estimate of drug-likeness (QED) is 0.548. The van der Waals surface area contributed by atoms with Gasteiger partial charge in [0.1, 0.15) is 5.75 Å². The average Bonchev–Trinajstić information content (AvgIpc) is 3.73. The summed E-state index contributed by atoms with van der Waals surface area (Å²) in [5, 5.41) is 8.89. The lowest BCUT2D eigenvalue weighted by molar-refractivity contribution is -0.141. The van der Waals surface area contributed by atoms with Crippen LogP contribution in [0.4, 0.5) is 5.82 Å². The zero-order valence-electron chi connectivity index (χ0n) is 21.2. The SMILES string of the molecule is COc1cccc(-c2ccc(N3CCCN(C(=O)CN(CCC(C)C)C(=O)C4CC4)CC3)nn2)c1. The van der Waals surface area contributed by atoms with E-state index in [2.05, 4.69) is 28.9 Å². The molecule has 8 heteroatoms. The second kappa shape index (κ2) is 11.5. The highest BCUT2D eigenvalue weighted by molar-refractivity contribution is 5.87. The minimum atomic E-state index is 0.0454. The van der Waals surface area contributed by atoms with Crippen LogP contribution in [-0.2, 0) is 9.59 Å². The molecule has 0 unspecified atom stereocenters. The highest BCUT2D eigenvalue weighted by Gasteiger charge is 2.34. The summed E-state index contributed by atoms with van der Waals surface area (Å²) in [7, 11) is 1.65. The Kier molecular flexibility index (Phi) is 8.21. The summed E-state index contributed by atoms with van der Waals surface area (Å²) in [6.45, 7) is 7.98. The number of amides is 2. The van der Waals surface area contributed by atoms with Gasteiger partial charge in [-0.1, -0.05) is 26.0 Å². The van der Waals surface area contributed by atoms with Crippen molar-refractivity contribution in [3.05, 3.63) is 36.4 Å². The van der Waals surface area contributed by atoms with E-state index in [4.69, 9.17) is 4.74 Å². The smallest absolute Gasteiger partial charge is 0.242 e. The van der Waals surface area contributed by atoms with E-state index in [1.165, 1.54) is 0 Å². The molecule has 1 aliphatic heterocycles. The fourth-order valence-electron chi connectivity index (χ4n) is 4.36. The van der Waals surface area contributed by atoms with E-state index in [1.807, 2.05) is 41.3 Å². The molecule has 2 amide bonds. The fraction of sp³-hybridized carbons (Fsp3) is 0.556. The third-order valence-corrected chi connectivity index (χ3v) is 6.73. The van der Waals surface area contributed by atoms with Crippen LogP contribution in [0.3, 0.4) is 0 Å². The second-order valence-corrected chi connectivity index (χ2v) is 9.95. The minimum absolute atomic E-state index is 0.0454. The zero-order chi connectivity index (χ0) is 24.8. The highest BCUT2D eigenvalue weighted by atomic mass is 16.5. The maximum Gasteiger partial charge on any atom is 0.242 e. The summed E-state index contributed by atoms with van der Waals surface area (Å²) in [5.41, 5.74) is 1.75. The van der Waals surface area contributed by atoms with Gasteiger partial charge < -0.3 is 19.4 Å². The first-order chi connectivity index (χ1) is 16.9. The summed E-state index contributed by atoms with van der Waals surface area (Å²) in [4.78, 5) is 31.7. The Morgan fingerprint density at radius 3 is 2.60 bits per heavy atom. The van der Waals surface area contributed by atoms with E-state index in [9.17, 15) is 9.59 Å². The van der Waals surface area contributed by atoms with Crippen LogP contribution in [0.15, 0.2) is 36.4 Å². The van der Waals surface area contributed by atoms with Gasteiger partial charge in [0.2, 0.25) is 11.8 Å². The van der Waals surface area contributed by atoms with Gasteiger partial charge >= 0.3 is 0 Å². The molecule has 0 bridgehead atoms. The van der Waals surface area contributed by atoms with E-state index in [1.54, 1.807) is 12.0 Å². The first-order valence-corrected chi connectivity index (χ1v) is 12.7. The first-order valence-electron chi connectivity index (χ1n) is 12.7. The van der Waals surface area contributed by atoms with Crippen LogP contribution in [0.25, 0.3) is 11.3 Å². The third-order valence-electron chi connectivity index (χ3n) is 6.73.